The van der Waals surface area contributed by atoms with E-state index in [9.17, 15) is 31.1 Å². The molecule has 2 aliphatic rings. The predicted molar refractivity (Wildman–Crippen MR) is 125 cm³/mol. The molecule has 0 N–H and O–H groups in total. The molecule has 2 bridgehead atoms. The average molecular weight is 546 g/mol. The SMILES string of the molecule is Cn1nc2c(c1-c1cc(F)c(F)c(F)c1)CC1CCCC2N1C(=O)c1cc(C(F)(F)F)ccc1-n1cncn1. The quantitative estimate of drug-likeness (QED) is 0.255. The van der Waals surface area contributed by atoms with Gasteiger partial charge < -0.3 is 4.90 Å². The van der Waals surface area contributed by atoms with Gasteiger partial charge in [-0.3, -0.25) is 9.48 Å². The number of carbonyl (C=O) groups excluding carboxylic acids is 1. The van der Waals surface area contributed by atoms with Gasteiger partial charge in [0.15, 0.2) is 17.5 Å². The van der Waals surface area contributed by atoms with Crippen LogP contribution in [0.15, 0.2) is 43.0 Å². The Bertz CT molecular complexity index is 1570. The third-order valence-electron chi connectivity index (χ3n) is 7.39. The Labute approximate surface area is 217 Å². The van der Waals surface area contributed by atoms with Crippen molar-refractivity contribution in [2.75, 3.05) is 0 Å². The summed E-state index contributed by atoms with van der Waals surface area (Å²) in [5.41, 5.74) is 0.653. The molecule has 2 aromatic heterocycles. The predicted octanol–water partition coefficient (Wildman–Crippen LogP) is 5.40. The Morgan fingerprint density at radius 1 is 1.05 bits per heavy atom. The van der Waals surface area contributed by atoms with E-state index in [4.69, 9.17) is 0 Å². The molecule has 0 radical (unpaired) electrons. The summed E-state index contributed by atoms with van der Waals surface area (Å²) in [5.74, 6) is -4.86. The number of amides is 1. The summed E-state index contributed by atoms with van der Waals surface area (Å²) in [7, 11) is 1.58. The summed E-state index contributed by atoms with van der Waals surface area (Å²) in [5, 5.41) is 8.56. The van der Waals surface area contributed by atoms with Crippen LogP contribution in [0.5, 0.6) is 0 Å². The van der Waals surface area contributed by atoms with E-state index in [2.05, 4.69) is 15.2 Å². The summed E-state index contributed by atoms with van der Waals surface area (Å²) in [6.07, 6.45) is -0.0850. The van der Waals surface area contributed by atoms with Crippen LogP contribution >= 0.6 is 0 Å². The second-order valence-corrected chi connectivity index (χ2v) is 9.68. The zero-order chi connectivity index (χ0) is 27.6. The number of piperidine rings is 1. The maximum atomic E-state index is 14.1. The molecule has 0 spiro atoms. The zero-order valence-corrected chi connectivity index (χ0v) is 20.4. The molecule has 0 aliphatic carbocycles. The van der Waals surface area contributed by atoms with Crippen molar-refractivity contribution in [3.05, 3.63) is 82.8 Å². The van der Waals surface area contributed by atoms with Gasteiger partial charge in [-0.05, 0) is 56.0 Å². The second kappa shape index (κ2) is 8.95. The standard InChI is InChI=1S/C26H20F6N6O/c1-36-24(13-7-18(27)22(29)19(28)8-13)17-10-15-3-2-4-21(23(17)35-36)38(15)25(39)16-9-14(26(30,31)32)5-6-20(16)37-12-33-11-34-37/h5-9,11-12,15,21H,2-4,10H2,1H3. The Balaban J connectivity index is 1.46. The van der Waals surface area contributed by atoms with Crippen LogP contribution in [-0.2, 0) is 19.6 Å². The molecule has 1 fully saturated rings. The average Bonchev–Trinajstić information content (AvgIpc) is 3.53. The number of aromatic nitrogens is 5. The first-order valence-corrected chi connectivity index (χ1v) is 12.1. The lowest BCUT2D eigenvalue weighted by Gasteiger charge is -2.45. The molecule has 0 saturated carbocycles. The van der Waals surface area contributed by atoms with Crippen molar-refractivity contribution in [1.82, 2.24) is 29.4 Å². The van der Waals surface area contributed by atoms with E-state index >= 15 is 0 Å². The fraction of sp³-hybridized carbons (Fsp3) is 0.308. The summed E-state index contributed by atoms with van der Waals surface area (Å²) in [4.78, 5) is 19.4. The number of fused-ring (bicyclic) bond motifs is 4. The van der Waals surface area contributed by atoms with E-state index < -0.39 is 47.2 Å². The number of halogens is 6. The highest BCUT2D eigenvalue weighted by Gasteiger charge is 2.44. The molecule has 1 saturated heterocycles. The highest BCUT2D eigenvalue weighted by molar-refractivity contribution is 5.98. The molecule has 202 valence electrons. The molecule has 2 aliphatic heterocycles. The van der Waals surface area contributed by atoms with Crippen molar-refractivity contribution in [3.63, 3.8) is 0 Å². The van der Waals surface area contributed by atoms with E-state index in [0.717, 1.165) is 30.7 Å². The van der Waals surface area contributed by atoms with Gasteiger partial charge in [0.1, 0.15) is 12.7 Å². The van der Waals surface area contributed by atoms with Crippen molar-refractivity contribution in [2.45, 2.75) is 43.9 Å². The molecule has 1 amide bonds. The minimum Gasteiger partial charge on any atom is -0.327 e. The van der Waals surface area contributed by atoms with Crippen LogP contribution in [0.2, 0.25) is 0 Å². The third kappa shape index (κ3) is 4.07. The minimum atomic E-state index is -4.67. The van der Waals surface area contributed by atoms with Gasteiger partial charge in [-0.2, -0.15) is 23.4 Å². The molecule has 13 heteroatoms. The maximum Gasteiger partial charge on any atom is 0.416 e. The first-order valence-electron chi connectivity index (χ1n) is 12.1. The lowest BCUT2D eigenvalue weighted by molar-refractivity contribution is -0.137. The molecule has 7 nitrogen and oxygen atoms in total. The van der Waals surface area contributed by atoms with Crippen LogP contribution in [0.4, 0.5) is 26.3 Å². The highest BCUT2D eigenvalue weighted by atomic mass is 19.4. The summed E-state index contributed by atoms with van der Waals surface area (Å²) < 4.78 is 85.3. The largest absolute Gasteiger partial charge is 0.416 e. The van der Waals surface area contributed by atoms with Gasteiger partial charge >= 0.3 is 6.18 Å². The Morgan fingerprint density at radius 3 is 2.46 bits per heavy atom. The number of carbonyl (C=O) groups is 1. The smallest absolute Gasteiger partial charge is 0.327 e. The summed E-state index contributed by atoms with van der Waals surface area (Å²) in [6, 6.07) is 3.71. The number of alkyl halides is 3. The molecule has 39 heavy (non-hydrogen) atoms. The number of hydrogen-bond acceptors (Lipinski definition) is 4. The van der Waals surface area contributed by atoms with Gasteiger partial charge in [-0.15, -0.1) is 0 Å². The first kappa shape index (κ1) is 25.1. The van der Waals surface area contributed by atoms with E-state index in [1.807, 2.05) is 0 Å². The molecule has 2 atom stereocenters. The third-order valence-corrected chi connectivity index (χ3v) is 7.39. The van der Waals surface area contributed by atoms with Crippen molar-refractivity contribution >= 4 is 5.91 Å². The van der Waals surface area contributed by atoms with Gasteiger partial charge in [-0.25, -0.2) is 22.8 Å². The van der Waals surface area contributed by atoms with Crippen molar-refractivity contribution in [1.29, 1.82) is 0 Å². The van der Waals surface area contributed by atoms with E-state index in [-0.39, 0.29) is 23.2 Å². The van der Waals surface area contributed by atoms with Gasteiger partial charge in [0, 0.05) is 24.2 Å². The molecule has 4 heterocycles. The van der Waals surface area contributed by atoms with E-state index in [1.165, 1.54) is 28.1 Å². The van der Waals surface area contributed by atoms with Gasteiger partial charge in [0.05, 0.1) is 34.2 Å². The van der Waals surface area contributed by atoms with Gasteiger partial charge in [-0.1, -0.05) is 0 Å². The lowest BCUT2D eigenvalue weighted by atomic mass is 9.81. The van der Waals surface area contributed by atoms with Gasteiger partial charge in [0.2, 0.25) is 0 Å². The van der Waals surface area contributed by atoms with Crippen molar-refractivity contribution < 1.29 is 31.1 Å². The van der Waals surface area contributed by atoms with E-state index in [0.29, 0.717) is 29.8 Å². The Morgan fingerprint density at radius 2 is 1.79 bits per heavy atom. The maximum absolute atomic E-state index is 14.1. The normalized spacial score (nSPS) is 18.8. The Hall–Kier alpha value is -4.16. The van der Waals surface area contributed by atoms with Crippen LogP contribution in [0, 0.1) is 17.5 Å². The minimum absolute atomic E-state index is 0.104. The topological polar surface area (TPSA) is 68.8 Å². The van der Waals surface area contributed by atoms with Crippen molar-refractivity contribution in [3.8, 4) is 16.9 Å². The van der Waals surface area contributed by atoms with Crippen LogP contribution in [0.3, 0.4) is 0 Å². The number of benzene rings is 2. The van der Waals surface area contributed by atoms with Crippen LogP contribution < -0.4 is 0 Å². The fourth-order valence-corrected chi connectivity index (χ4v) is 5.76. The summed E-state index contributed by atoms with van der Waals surface area (Å²) in [6.45, 7) is 0. The molecular formula is C26H20F6N6O. The molecule has 2 aromatic carbocycles. The van der Waals surface area contributed by atoms with Crippen LogP contribution in [-0.4, -0.2) is 41.4 Å². The lowest BCUT2D eigenvalue weighted by Crippen LogP contribution is -2.50. The number of nitrogens with zero attached hydrogens (tertiary/aromatic N) is 6. The molecular weight excluding hydrogens is 526 g/mol. The van der Waals surface area contributed by atoms with E-state index in [1.54, 1.807) is 11.9 Å². The highest BCUT2D eigenvalue weighted by Crippen LogP contribution is 2.46. The molecule has 6 rings (SSSR count). The van der Waals surface area contributed by atoms with Crippen molar-refractivity contribution in [2.24, 2.45) is 7.05 Å². The monoisotopic (exact) mass is 546 g/mol. The summed E-state index contributed by atoms with van der Waals surface area (Å²) >= 11 is 0. The Kier molecular flexibility index (Phi) is 5.77. The molecule has 4 aromatic rings. The van der Waals surface area contributed by atoms with Gasteiger partial charge in [0.25, 0.3) is 5.91 Å². The second-order valence-electron chi connectivity index (χ2n) is 9.68. The molecule has 2 unspecified atom stereocenters. The number of hydrogen-bond donors (Lipinski definition) is 0. The fourth-order valence-electron chi connectivity index (χ4n) is 5.76. The number of rotatable bonds is 3. The zero-order valence-electron chi connectivity index (χ0n) is 20.4. The van der Waals surface area contributed by atoms with Crippen LogP contribution in [0.25, 0.3) is 16.9 Å². The number of aryl methyl sites for hydroxylation is 1. The van der Waals surface area contributed by atoms with Crippen LogP contribution in [0.1, 0.15) is 52.5 Å². The first-order chi connectivity index (χ1) is 18.5.